The standard InChI is InChI=1S/C49H68O14/c1-24(23-50)13-27-16-38(51)49(7)42(53-27)18-33-34(61-49)17-32-28(54-33)9-8-10-29-36(56-32)22-48(6)41(57-29)20-40-46(4,63-48)12-11-30-44(60-40)25(2)14-31-37(55-30)21-47(5)39(58-31)19-35-45(62-47)26(3)15-43(52)59-35/h8-9,15,23,25,27-42,44-45,51H,1,10-14,16-22H2,2-7H3. The van der Waals surface area contributed by atoms with E-state index in [2.05, 4.69) is 46.4 Å². The van der Waals surface area contributed by atoms with Crippen LogP contribution in [0, 0.1) is 5.92 Å². The maximum absolute atomic E-state index is 12.3. The van der Waals surface area contributed by atoms with Crippen LogP contribution < -0.4 is 0 Å². The lowest BCUT2D eigenvalue weighted by Crippen LogP contribution is -2.68. The smallest absolute Gasteiger partial charge is 0.331 e. The number of aliphatic hydroxyl groups excluding tert-OH is 1. The van der Waals surface area contributed by atoms with E-state index >= 15 is 0 Å². The van der Waals surface area contributed by atoms with E-state index in [0.29, 0.717) is 63.4 Å². The van der Waals surface area contributed by atoms with Gasteiger partial charge in [0.05, 0.1) is 108 Å². The van der Waals surface area contributed by atoms with Crippen molar-refractivity contribution in [2.24, 2.45) is 5.92 Å². The van der Waals surface area contributed by atoms with Gasteiger partial charge in [-0.05, 0) is 77.4 Å². The van der Waals surface area contributed by atoms with E-state index in [9.17, 15) is 14.7 Å². The Hall–Kier alpha value is -2.08. The number of hydrogen-bond acceptors (Lipinski definition) is 14. The first-order valence-corrected chi connectivity index (χ1v) is 24.0. The van der Waals surface area contributed by atoms with E-state index in [1.165, 1.54) is 0 Å². The first kappa shape index (κ1) is 43.5. The zero-order valence-electron chi connectivity index (χ0n) is 37.7. The summed E-state index contributed by atoms with van der Waals surface area (Å²) >= 11 is 0. The number of rotatable bonds is 3. The van der Waals surface area contributed by atoms with Crippen molar-refractivity contribution in [3.63, 3.8) is 0 Å². The molecule has 0 spiro atoms. The highest BCUT2D eigenvalue weighted by Gasteiger charge is 2.63. The molecule has 11 aliphatic rings. The van der Waals surface area contributed by atoms with Crippen LogP contribution in [0.3, 0.4) is 0 Å². The summed E-state index contributed by atoms with van der Waals surface area (Å²) in [4.78, 5) is 23.5. The third-order valence-corrected chi connectivity index (χ3v) is 17.3. The number of aliphatic hydroxyl groups is 1. The van der Waals surface area contributed by atoms with E-state index in [-0.39, 0.29) is 116 Å². The Labute approximate surface area is 370 Å². The van der Waals surface area contributed by atoms with Crippen molar-refractivity contribution in [2.45, 2.75) is 251 Å². The molecule has 0 aromatic carbocycles. The highest BCUT2D eigenvalue weighted by molar-refractivity contribution is 5.84. The van der Waals surface area contributed by atoms with Gasteiger partial charge < -0.3 is 57.2 Å². The number of hydrogen-bond donors (Lipinski definition) is 1. The van der Waals surface area contributed by atoms with Crippen LogP contribution in [0.15, 0.2) is 36.0 Å². The summed E-state index contributed by atoms with van der Waals surface area (Å²) in [5.74, 6) is -0.138. The van der Waals surface area contributed by atoms with Gasteiger partial charge in [-0.1, -0.05) is 25.7 Å². The first-order chi connectivity index (χ1) is 30.0. The second-order valence-corrected chi connectivity index (χ2v) is 22.0. The molecule has 1 N–H and O–H groups in total. The molecule has 0 aromatic heterocycles. The molecule has 63 heavy (non-hydrogen) atoms. The van der Waals surface area contributed by atoms with Crippen LogP contribution in [-0.4, -0.2) is 150 Å². The second-order valence-electron chi connectivity index (χ2n) is 22.0. The predicted molar refractivity (Wildman–Crippen MR) is 224 cm³/mol. The summed E-state index contributed by atoms with van der Waals surface area (Å²) in [6.45, 7) is 16.5. The van der Waals surface area contributed by atoms with Gasteiger partial charge in [0, 0.05) is 57.4 Å². The second kappa shape index (κ2) is 15.8. The average Bonchev–Trinajstić information content (AvgIpc) is 3.42. The number of esters is 1. The van der Waals surface area contributed by atoms with E-state index < -0.39 is 28.5 Å². The van der Waals surface area contributed by atoms with Gasteiger partial charge in [0.1, 0.15) is 30.2 Å². The molecule has 23 unspecified atom stereocenters. The SMILES string of the molecule is C=C(C=O)CC1CC(O)C2(C)OC3CC4OC5CC6(C)OC7(C)CCC8OC9CC%10(C)OC%11C(C)=CC(=O)OC%11CC%10OC9CC(C)C8OC7CC6OC5CC=CC4OC3CC2O1. The van der Waals surface area contributed by atoms with Crippen LogP contribution in [0.1, 0.15) is 119 Å². The van der Waals surface area contributed by atoms with Crippen molar-refractivity contribution in [3.8, 4) is 0 Å². The molecule has 0 amide bonds. The third kappa shape index (κ3) is 7.48. The summed E-state index contributed by atoms with van der Waals surface area (Å²) in [5, 5.41) is 11.4. The van der Waals surface area contributed by atoms with Crippen molar-refractivity contribution in [3.05, 3.63) is 36.0 Å². The Kier molecular flexibility index (Phi) is 10.9. The molecule has 11 aliphatic heterocycles. The lowest BCUT2D eigenvalue weighted by molar-refractivity contribution is -0.342. The maximum Gasteiger partial charge on any atom is 0.331 e. The lowest BCUT2D eigenvalue weighted by Gasteiger charge is -2.58. The minimum absolute atomic E-state index is 0.112. The van der Waals surface area contributed by atoms with Crippen LogP contribution in [0.4, 0.5) is 0 Å². The summed E-state index contributed by atoms with van der Waals surface area (Å²) in [6, 6.07) is 0. The van der Waals surface area contributed by atoms with Crippen molar-refractivity contribution in [1.29, 1.82) is 0 Å². The number of fused-ring (bicyclic) bond motifs is 10. The third-order valence-electron chi connectivity index (χ3n) is 17.3. The minimum atomic E-state index is -0.903. The monoisotopic (exact) mass is 880 g/mol. The van der Waals surface area contributed by atoms with Crippen LogP contribution in [0.2, 0.25) is 0 Å². The zero-order chi connectivity index (χ0) is 43.8. The molecule has 0 aliphatic carbocycles. The van der Waals surface area contributed by atoms with Gasteiger partial charge in [0.2, 0.25) is 0 Å². The molecule has 0 saturated carbocycles. The van der Waals surface area contributed by atoms with E-state index in [0.717, 1.165) is 31.1 Å². The molecule has 9 saturated heterocycles. The molecule has 23 atom stereocenters. The molecule has 0 aromatic rings. The fourth-order valence-electron chi connectivity index (χ4n) is 13.8. The van der Waals surface area contributed by atoms with E-state index in [1.54, 1.807) is 6.08 Å². The van der Waals surface area contributed by atoms with Gasteiger partial charge in [0.25, 0.3) is 0 Å². The summed E-state index contributed by atoms with van der Waals surface area (Å²) in [5.41, 5.74) is -1.29. The minimum Gasteiger partial charge on any atom is -0.456 e. The fraction of sp³-hybridized carbons (Fsp3) is 0.837. The molecule has 11 heterocycles. The number of carbonyl (C=O) groups excluding carboxylic acids is 2. The van der Waals surface area contributed by atoms with Gasteiger partial charge in [-0.2, -0.15) is 0 Å². The molecule has 0 radical (unpaired) electrons. The van der Waals surface area contributed by atoms with Gasteiger partial charge in [-0.3, -0.25) is 4.79 Å². The van der Waals surface area contributed by atoms with Crippen molar-refractivity contribution in [1.82, 2.24) is 0 Å². The molecule has 0 bridgehead atoms. The Balaban J connectivity index is 0.763. The molecule has 11 rings (SSSR count). The van der Waals surface area contributed by atoms with Crippen LogP contribution in [0.25, 0.3) is 0 Å². The predicted octanol–water partition coefficient (Wildman–Crippen LogP) is 5.08. The quantitative estimate of drug-likeness (QED) is 0.173. The van der Waals surface area contributed by atoms with Gasteiger partial charge >= 0.3 is 5.97 Å². The van der Waals surface area contributed by atoms with Crippen molar-refractivity contribution in [2.75, 3.05) is 0 Å². The van der Waals surface area contributed by atoms with Gasteiger partial charge in [-0.15, -0.1) is 0 Å². The maximum atomic E-state index is 12.3. The van der Waals surface area contributed by atoms with Gasteiger partial charge in [0.15, 0.2) is 0 Å². The Morgan fingerprint density at radius 1 is 0.746 bits per heavy atom. The van der Waals surface area contributed by atoms with Crippen LogP contribution in [-0.2, 0) is 61.7 Å². The summed E-state index contributed by atoms with van der Waals surface area (Å²) < 4.78 is 75.1. The first-order valence-electron chi connectivity index (χ1n) is 24.0. The number of ether oxygens (including phenoxy) is 11. The zero-order valence-corrected chi connectivity index (χ0v) is 37.7. The Morgan fingerprint density at radius 2 is 1.46 bits per heavy atom. The number of carbonyl (C=O) groups is 2. The fourth-order valence-corrected chi connectivity index (χ4v) is 13.8. The van der Waals surface area contributed by atoms with Gasteiger partial charge in [-0.25, -0.2) is 4.79 Å². The highest BCUT2D eigenvalue weighted by atomic mass is 16.6. The molecule has 14 nitrogen and oxygen atoms in total. The van der Waals surface area contributed by atoms with Crippen LogP contribution in [0.5, 0.6) is 0 Å². The molecule has 348 valence electrons. The number of aldehydes is 1. The normalized spacial score (nSPS) is 56.0. The topological polar surface area (TPSA) is 156 Å². The molecule has 9 fully saturated rings. The summed E-state index contributed by atoms with van der Waals surface area (Å²) in [6.07, 6.45) is 9.72. The Morgan fingerprint density at radius 3 is 2.29 bits per heavy atom. The van der Waals surface area contributed by atoms with Crippen LogP contribution >= 0.6 is 0 Å². The van der Waals surface area contributed by atoms with E-state index in [1.807, 2.05) is 13.8 Å². The summed E-state index contributed by atoms with van der Waals surface area (Å²) in [7, 11) is 0. The van der Waals surface area contributed by atoms with E-state index in [4.69, 9.17) is 52.1 Å². The Bertz CT molecular complexity index is 1890. The van der Waals surface area contributed by atoms with Crippen molar-refractivity contribution < 1.29 is 66.8 Å². The average molecular weight is 881 g/mol. The lowest BCUT2D eigenvalue weighted by atomic mass is 9.75. The molecule has 14 heteroatoms. The molecular weight excluding hydrogens is 813 g/mol. The highest BCUT2D eigenvalue weighted by Crippen LogP contribution is 2.53. The molecular formula is C49H68O14. The van der Waals surface area contributed by atoms with Crippen molar-refractivity contribution >= 4 is 12.3 Å². The largest absolute Gasteiger partial charge is 0.456 e.